The minimum absolute atomic E-state index is 0.0214. The van der Waals surface area contributed by atoms with E-state index in [0.717, 1.165) is 4.31 Å². The second-order valence-corrected chi connectivity index (χ2v) is 8.23. The Bertz CT molecular complexity index is 726. The Morgan fingerprint density at radius 3 is 2.68 bits per heavy atom. The lowest BCUT2D eigenvalue weighted by molar-refractivity contribution is -0.0499. The minimum Gasteiger partial charge on any atom is -0.435 e. The number of carbonyl (C=O) groups excluding carboxylic acids is 1. The van der Waals surface area contributed by atoms with Gasteiger partial charge in [-0.15, -0.1) is 0 Å². The van der Waals surface area contributed by atoms with Crippen molar-refractivity contribution in [1.82, 2.24) is 9.21 Å². The van der Waals surface area contributed by atoms with Gasteiger partial charge in [-0.1, -0.05) is 6.07 Å². The zero-order chi connectivity index (χ0) is 18.8. The molecule has 1 amide bonds. The Hall–Kier alpha value is -1.78. The Morgan fingerprint density at radius 2 is 2.08 bits per heavy atom. The average Bonchev–Trinajstić information content (AvgIpc) is 2.86. The molecule has 1 aliphatic rings. The molecule has 1 aliphatic heterocycles. The molecule has 0 radical (unpaired) electrons. The number of hydrogen-bond acceptors (Lipinski definition) is 5. The Labute approximate surface area is 144 Å². The van der Waals surface area contributed by atoms with E-state index in [4.69, 9.17) is 0 Å². The van der Waals surface area contributed by atoms with E-state index in [1.54, 1.807) is 0 Å². The Balaban J connectivity index is 2.09. The van der Waals surface area contributed by atoms with Crippen LogP contribution in [0.5, 0.6) is 5.75 Å². The molecule has 1 N–H and O–H groups in total. The van der Waals surface area contributed by atoms with Gasteiger partial charge in [-0.05, 0) is 18.2 Å². The molecule has 25 heavy (non-hydrogen) atoms. The molecular weight excluding hydrogens is 358 g/mol. The maximum atomic E-state index is 12.5. The van der Waals surface area contributed by atoms with E-state index in [2.05, 4.69) is 4.74 Å². The van der Waals surface area contributed by atoms with Crippen molar-refractivity contribution >= 4 is 15.9 Å². The smallest absolute Gasteiger partial charge is 0.387 e. The number of ether oxygens (including phenoxy) is 1. The molecular formula is C15H20F2N2O5S. The normalized spacial score (nSPS) is 21.2. The summed E-state index contributed by atoms with van der Waals surface area (Å²) >= 11 is 0. The molecule has 1 heterocycles. The van der Waals surface area contributed by atoms with E-state index >= 15 is 0 Å². The zero-order valence-electron chi connectivity index (χ0n) is 13.8. The predicted molar refractivity (Wildman–Crippen MR) is 85.9 cm³/mol. The van der Waals surface area contributed by atoms with Crippen molar-refractivity contribution in [2.45, 2.75) is 12.7 Å². The average molecular weight is 378 g/mol. The number of amides is 1. The molecule has 0 saturated carbocycles. The minimum atomic E-state index is -3.52. The standard InChI is InChI=1S/C15H20F2N2O5S/c1-18(2)25(22,23)9-11-7-19(8-13(11)20)14(21)10-4-3-5-12(6-10)24-15(16)17/h3-6,11,13,15,20H,7-9H2,1-2H3. The van der Waals surface area contributed by atoms with Gasteiger partial charge >= 0.3 is 6.61 Å². The fourth-order valence-electron chi connectivity index (χ4n) is 2.59. The van der Waals surface area contributed by atoms with Gasteiger partial charge in [0.25, 0.3) is 5.91 Å². The van der Waals surface area contributed by atoms with Crippen molar-refractivity contribution < 1.29 is 31.8 Å². The van der Waals surface area contributed by atoms with Crippen LogP contribution in [0.3, 0.4) is 0 Å². The molecule has 1 saturated heterocycles. The van der Waals surface area contributed by atoms with Crippen LogP contribution < -0.4 is 4.74 Å². The molecule has 140 valence electrons. The van der Waals surface area contributed by atoms with Gasteiger partial charge in [0.15, 0.2) is 0 Å². The number of aliphatic hydroxyl groups is 1. The van der Waals surface area contributed by atoms with Crippen LogP contribution in [-0.4, -0.2) is 74.3 Å². The van der Waals surface area contributed by atoms with Crippen molar-refractivity contribution in [3.63, 3.8) is 0 Å². The molecule has 10 heteroatoms. The maximum Gasteiger partial charge on any atom is 0.387 e. The quantitative estimate of drug-likeness (QED) is 0.784. The first-order valence-corrected chi connectivity index (χ1v) is 9.13. The monoisotopic (exact) mass is 378 g/mol. The van der Waals surface area contributed by atoms with Crippen LogP contribution in [0.1, 0.15) is 10.4 Å². The molecule has 0 spiro atoms. The lowest BCUT2D eigenvalue weighted by atomic mass is 10.1. The number of carbonyl (C=O) groups is 1. The molecule has 2 rings (SSSR count). The SMILES string of the molecule is CN(C)S(=O)(=O)CC1CN(C(=O)c2cccc(OC(F)F)c2)CC1O. The largest absolute Gasteiger partial charge is 0.435 e. The summed E-state index contributed by atoms with van der Waals surface area (Å²) in [6.45, 7) is -2.96. The molecule has 1 fully saturated rings. The van der Waals surface area contributed by atoms with Crippen molar-refractivity contribution in [2.75, 3.05) is 32.9 Å². The fourth-order valence-corrected chi connectivity index (χ4v) is 3.76. The van der Waals surface area contributed by atoms with Gasteiger partial charge in [0.2, 0.25) is 10.0 Å². The van der Waals surface area contributed by atoms with E-state index in [0.29, 0.717) is 0 Å². The molecule has 0 aromatic heterocycles. The third-order valence-corrected chi connectivity index (χ3v) is 5.94. The topological polar surface area (TPSA) is 87.2 Å². The highest BCUT2D eigenvalue weighted by Crippen LogP contribution is 2.23. The predicted octanol–water partition coefficient (Wildman–Crippen LogP) is 0.612. The first-order chi connectivity index (χ1) is 11.6. The Morgan fingerprint density at radius 1 is 1.40 bits per heavy atom. The third-order valence-electron chi connectivity index (χ3n) is 3.98. The van der Waals surface area contributed by atoms with Crippen LogP contribution in [0.4, 0.5) is 8.78 Å². The second-order valence-electron chi connectivity index (χ2n) is 6.00. The number of halogens is 2. The van der Waals surface area contributed by atoms with Gasteiger partial charge in [-0.3, -0.25) is 4.79 Å². The van der Waals surface area contributed by atoms with Crippen LogP contribution in [0, 0.1) is 5.92 Å². The van der Waals surface area contributed by atoms with Gasteiger partial charge in [-0.25, -0.2) is 12.7 Å². The first kappa shape index (κ1) is 19.5. The van der Waals surface area contributed by atoms with Crippen LogP contribution in [0.15, 0.2) is 24.3 Å². The highest BCUT2D eigenvalue weighted by molar-refractivity contribution is 7.89. The van der Waals surface area contributed by atoms with Crippen LogP contribution >= 0.6 is 0 Å². The number of sulfonamides is 1. The first-order valence-electron chi connectivity index (χ1n) is 7.52. The van der Waals surface area contributed by atoms with Crippen molar-refractivity contribution in [1.29, 1.82) is 0 Å². The van der Waals surface area contributed by atoms with Gasteiger partial charge in [0, 0.05) is 38.7 Å². The van der Waals surface area contributed by atoms with E-state index in [1.165, 1.54) is 43.3 Å². The molecule has 2 atom stereocenters. The molecule has 1 aromatic rings. The van der Waals surface area contributed by atoms with Gasteiger partial charge in [-0.2, -0.15) is 8.78 Å². The zero-order valence-corrected chi connectivity index (χ0v) is 14.6. The van der Waals surface area contributed by atoms with E-state index in [-0.39, 0.29) is 30.2 Å². The maximum absolute atomic E-state index is 12.5. The number of alkyl halides is 2. The molecule has 7 nitrogen and oxygen atoms in total. The van der Waals surface area contributed by atoms with Crippen molar-refractivity contribution in [3.8, 4) is 5.75 Å². The van der Waals surface area contributed by atoms with Crippen LogP contribution in [0.2, 0.25) is 0 Å². The van der Waals surface area contributed by atoms with E-state index in [9.17, 15) is 27.1 Å². The second kappa shape index (κ2) is 7.63. The van der Waals surface area contributed by atoms with Gasteiger partial charge < -0.3 is 14.7 Å². The van der Waals surface area contributed by atoms with Crippen LogP contribution in [0.25, 0.3) is 0 Å². The third kappa shape index (κ3) is 4.86. The molecule has 0 bridgehead atoms. The molecule has 0 aliphatic carbocycles. The number of nitrogens with zero attached hydrogens (tertiary/aromatic N) is 2. The number of benzene rings is 1. The summed E-state index contributed by atoms with van der Waals surface area (Å²) in [6.07, 6.45) is -0.973. The highest BCUT2D eigenvalue weighted by Gasteiger charge is 2.37. The number of rotatable bonds is 6. The lowest BCUT2D eigenvalue weighted by Gasteiger charge is -2.18. The van der Waals surface area contributed by atoms with Crippen LogP contribution in [-0.2, 0) is 10.0 Å². The summed E-state index contributed by atoms with van der Waals surface area (Å²) in [7, 11) is -0.723. The fraction of sp³-hybridized carbons (Fsp3) is 0.533. The van der Waals surface area contributed by atoms with Gasteiger partial charge in [0.05, 0.1) is 11.9 Å². The summed E-state index contributed by atoms with van der Waals surface area (Å²) in [5, 5.41) is 10.1. The number of aliphatic hydroxyl groups excluding tert-OH is 1. The summed E-state index contributed by atoms with van der Waals surface area (Å²) in [4.78, 5) is 13.8. The van der Waals surface area contributed by atoms with E-state index < -0.39 is 34.6 Å². The Kier molecular flexibility index (Phi) is 5.96. The molecule has 1 aromatic carbocycles. The number of hydrogen-bond donors (Lipinski definition) is 1. The van der Waals surface area contributed by atoms with E-state index in [1.807, 2.05) is 0 Å². The number of likely N-dealkylation sites (tertiary alicyclic amines) is 1. The van der Waals surface area contributed by atoms with Crippen molar-refractivity contribution in [3.05, 3.63) is 29.8 Å². The molecule has 2 unspecified atom stereocenters. The summed E-state index contributed by atoms with van der Waals surface area (Å²) in [5.41, 5.74) is 0.126. The highest BCUT2D eigenvalue weighted by atomic mass is 32.2. The number of β-amino-alcohol motifs (C(OH)–C–C–N with tert-alkyl or cyclic N) is 1. The summed E-state index contributed by atoms with van der Waals surface area (Å²) in [6, 6.07) is 5.33. The summed E-state index contributed by atoms with van der Waals surface area (Å²) < 4.78 is 53.8. The van der Waals surface area contributed by atoms with Gasteiger partial charge in [0.1, 0.15) is 5.75 Å². The van der Waals surface area contributed by atoms with Crippen molar-refractivity contribution in [2.24, 2.45) is 5.92 Å². The lowest BCUT2D eigenvalue weighted by Crippen LogP contribution is -2.33. The summed E-state index contributed by atoms with van der Waals surface area (Å²) in [5.74, 6) is -1.52.